The average molecular weight is 387 g/mol. The zero-order valence-electron chi connectivity index (χ0n) is 15.2. The fourth-order valence-corrected chi connectivity index (χ4v) is 3.26. The number of halogens is 1. The van der Waals surface area contributed by atoms with Gasteiger partial charge < -0.3 is 15.5 Å². The van der Waals surface area contributed by atoms with Crippen molar-refractivity contribution in [2.24, 2.45) is 5.92 Å². The minimum atomic E-state index is -0.680. The van der Waals surface area contributed by atoms with Crippen LogP contribution in [0, 0.1) is 12.8 Å². The van der Waals surface area contributed by atoms with Crippen LogP contribution in [0.25, 0.3) is 0 Å². The third-order valence-electron chi connectivity index (χ3n) is 4.78. The van der Waals surface area contributed by atoms with Crippen LogP contribution in [0.2, 0.25) is 5.02 Å². The van der Waals surface area contributed by atoms with E-state index in [1.165, 1.54) is 0 Å². The van der Waals surface area contributed by atoms with Crippen LogP contribution < -0.4 is 15.5 Å². The zero-order valence-corrected chi connectivity index (χ0v) is 16.0. The number of benzene rings is 1. The van der Waals surface area contributed by atoms with E-state index in [2.05, 4.69) is 20.5 Å². The number of nitrogens with one attached hydrogen (secondary N) is 2. The maximum Gasteiger partial charge on any atom is 0.313 e. The second kappa shape index (κ2) is 8.86. The summed E-state index contributed by atoms with van der Waals surface area (Å²) in [7, 11) is 0. The zero-order chi connectivity index (χ0) is 19.2. The Balaban J connectivity index is 1.42. The largest absolute Gasteiger partial charge is 0.357 e. The summed E-state index contributed by atoms with van der Waals surface area (Å²) in [6.07, 6.45) is 3.69. The molecule has 0 atom stereocenters. The van der Waals surface area contributed by atoms with Crippen molar-refractivity contribution < 1.29 is 9.59 Å². The number of hydrogen-bond donors (Lipinski definition) is 2. The third-order valence-corrected chi connectivity index (χ3v) is 5.18. The molecule has 2 N–H and O–H groups in total. The molecule has 6 nitrogen and oxygen atoms in total. The maximum atomic E-state index is 12.1. The highest BCUT2D eigenvalue weighted by atomic mass is 35.5. The van der Waals surface area contributed by atoms with E-state index in [-0.39, 0.29) is 0 Å². The minimum Gasteiger partial charge on any atom is -0.357 e. The van der Waals surface area contributed by atoms with Crippen molar-refractivity contribution in [3.63, 3.8) is 0 Å². The van der Waals surface area contributed by atoms with Crippen molar-refractivity contribution in [3.05, 3.63) is 53.2 Å². The Hall–Kier alpha value is -2.60. The number of aromatic nitrogens is 1. The third kappa shape index (κ3) is 5.20. The van der Waals surface area contributed by atoms with Crippen molar-refractivity contribution in [1.82, 2.24) is 10.3 Å². The number of pyridine rings is 1. The first kappa shape index (κ1) is 19.2. The number of aryl methyl sites for hydroxylation is 1. The molecule has 0 unspecified atom stereocenters. The standard InChI is InChI=1S/C20H23ClN4O2/c1-14-5-6-16(12-17(14)21)24-20(27)19(26)23-13-15-7-10-25(11-8-15)18-4-2-3-9-22-18/h2-6,9,12,15H,7-8,10-11,13H2,1H3,(H,23,26)(H,24,27). The van der Waals surface area contributed by atoms with Gasteiger partial charge in [-0.1, -0.05) is 23.7 Å². The van der Waals surface area contributed by atoms with Gasteiger partial charge in [0.15, 0.2) is 0 Å². The molecule has 0 spiro atoms. The van der Waals surface area contributed by atoms with Crippen LogP contribution in [-0.4, -0.2) is 36.4 Å². The molecule has 0 bridgehead atoms. The normalized spacial score (nSPS) is 14.7. The molecule has 1 aromatic heterocycles. The Morgan fingerprint density at radius 3 is 2.63 bits per heavy atom. The van der Waals surface area contributed by atoms with Crippen LogP contribution in [0.1, 0.15) is 18.4 Å². The molecule has 1 saturated heterocycles. The van der Waals surface area contributed by atoms with E-state index >= 15 is 0 Å². The van der Waals surface area contributed by atoms with Gasteiger partial charge in [-0.15, -0.1) is 0 Å². The van der Waals surface area contributed by atoms with Gasteiger partial charge in [-0.05, 0) is 55.5 Å². The Labute approximate surface area is 163 Å². The van der Waals surface area contributed by atoms with Gasteiger partial charge in [0, 0.05) is 36.5 Å². The van der Waals surface area contributed by atoms with E-state index in [4.69, 9.17) is 11.6 Å². The molecule has 1 aliphatic rings. The van der Waals surface area contributed by atoms with Crippen LogP contribution >= 0.6 is 11.6 Å². The Morgan fingerprint density at radius 2 is 1.96 bits per heavy atom. The van der Waals surface area contributed by atoms with Crippen LogP contribution in [0.15, 0.2) is 42.6 Å². The summed E-state index contributed by atoms with van der Waals surface area (Å²) in [6, 6.07) is 11.0. The van der Waals surface area contributed by atoms with E-state index in [1.807, 2.05) is 25.1 Å². The SMILES string of the molecule is Cc1ccc(NC(=O)C(=O)NCC2CCN(c3ccccn3)CC2)cc1Cl. The summed E-state index contributed by atoms with van der Waals surface area (Å²) < 4.78 is 0. The molecule has 1 fully saturated rings. The summed E-state index contributed by atoms with van der Waals surface area (Å²) in [4.78, 5) is 30.7. The Morgan fingerprint density at radius 1 is 1.19 bits per heavy atom. The summed E-state index contributed by atoms with van der Waals surface area (Å²) in [5, 5.41) is 5.86. The molecule has 0 saturated carbocycles. The number of piperidine rings is 1. The molecule has 2 heterocycles. The number of hydrogen-bond acceptors (Lipinski definition) is 4. The number of carbonyl (C=O) groups excluding carboxylic acids is 2. The first-order valence-corrected chi connectivity index (χ1v) is 9.42. The smallest absolute Gasteiger partial charge is 0.313 e. The molecule has 0 radical (unpaired) electrons. The van der Waals surface area contributed by atoms with Crippen LogP contribution in [0.5, 0.6) is 0 Å². The van der Waals surface area contributed by atoms with Crippen molar-refractivity contribution in [2.45, 2.75) is 19.8 Å². The maximum absolute atomic E-state index is 12.1. The summed E-state index contributed by atoms with van der Waals surface area (Å²) in [5.74, 6) is 0.0337. The van der Waals surface area contributed by atoms with Gasteiger partial charge in [-0.3, -0.25) is 9.59 Å². The van der Waals surface area contributed by atoms with Gasteiger partial charge in [0.05, 0.1) is 0 Å². The molecular weight excluding hydrogens is 364 g/mol. The average Bonchev–Trinajstić information content (AvgIpc) is 2.70. The Kier molecular flexibility index (Phi) is 6.29. The van der Waals surface area contributed by atoms with Crippen LogP contribution in [0.3, 0.4) is 0 Å². The van der Waals surface area contributed by atoms with E-state index < -0.39 is 11.8 Å². The monoisotopic (exact) mass is 386 g/mol. The molecular formula is C20H23ClN4O2. The lowest BCUT2D eigenvalue weighted by Gasteiger charge is -2.32. The van der Waals surface area contributed by atoms with Crippen molar-refractivity contribution in [1.29, 1.82) is 0 Å². The molecule has 2 amide bonds. The van der Waals surface area contributed by atoms with Gasteiger partial charge in [-0.25, -0.2) is 4.98 Å². The number of nitrogens with zero attached hydrogens (tertiary/aromatic N) is 2. The predicted molar refractivity (Wildman–Crippen MR) is 107 cm³/mol. The predicted octanol–water partition coefficient (Wildman–Crippen LogP) is 3.01. The lowest BCUT2D eigenvalue weighted by Crippen LogP contribution is -2.42. The van der Waals surface area contributed by atoms with E-state index in [0.29, 0.717) is 23.2 Å². The first-order chi connectivity index (χ1) is 13.0. The quantitative estimate of drug-likeness (QED) is 0.792. The fourth-order valence-electron chi connectivity index (χ4n) is 3.08. The van der Waals surface area contributed by atoms with Crippen LogP contribution in [-0.2, 0) is 9.59 Å². The lowest BCUT2D eigenvalue weighted by atomic mass is 9.97. The van der Waals surface area contributed by atoms with Crippen LogP contribution in [0.4, 0.5) is 11.5 Å². The van der Waals surface area contributed by atoms with E-state index in [0.717, 1.165) is 37.3 Å². The van der Waals surface area contributed by atoms with Gasteiger partial charge in [0.1, 0.15) is 5.82 Å². The minimum absolute atomic E-state index is 0.357. The highest BCUT2D eigenvalue weighted by Gasteiger charge is 2.22. The van der Waals surface area contributed by atoms with Gasteiger partial charge in [0.2, 0.25) is 0 Å². The number of anilines is 2. The van der Waals surface area contributed by atoms with Gasteiger partial charge in [0.25, 0.3) is 0 Å². The molecule has 1 aliphatic heterocycles. The molecule has 2 aromatic rings. The number of rotatable bonds is 4. The van der Waals surface area contributed by atoms with E-state index in [9.17, 15) is 9.59 Å². The summed E-state index contributed by atoms with van der Waals surface area (Å²) in [6.45, 7) is 4.16. The van der Waals surface area contributed by atoms with Crippen molar-refractivity contribution >= 4 is 34.9 Å². The fraction of sp³-hybridized carbons (Fsp3) is 0.350. The molecule has 0 aliphatic carbocycles. The Bertz CT molecular complexity index is 805. The molecule has 1 aromatic carbocycles. The summed E-state index contributed by atoms with van der Waals surface area (Å²) in [5.41, 5.74) is 1.42. The lowest BCUT2D eigenvalue weighted by molar-refractivity contribution is -0.136. The van der Waals surface area contributed by atoms with Gasteiger partial charge >= 0.3 is 11.8 Å². The van der Waals surface area contributed by atoms with Crippen molar-refractivity contribution in [3.8, 4) is 0 Å². The molecule has 27 heavy (non-hydrogen) atoms. The molecule has 7 heteroatoms. The second-order valence-electron chi connectivity index (χ2n) is 6.75. The van der Waals surface area contributed by atoms with Gasteiger partial charge in [-0.2, -0.15) is 0 Å². The second-order valence-corrected chi connectivity index (χ2v) is 7.15. The summed E-state index contributed by atoms with van der Waals surface area (Å²) >= 11 is 6.04. The molecule has 3 rings (SSSR count). The molecule has 142 valence electrons. The van der Waals surface area contributed by atoms with E-state index in [1.54, 1.807) is 24.4 Å². The number of carbonyl (C=O) groups is 2. The number of amides is 2. The highest BCUT2D eigenvalue weighted by molar-refractivity contribution is 6.39. The van der Waals surface area contributed by atoms with Crippen molar-refractivity contribution in [2.75, 3.05) is 29.9 Å². The first-order valence-electron chi connectivity index (χ1n) is 9.04. The topological polar surface area (TPSA) is 74.3 Å². The highest BCUT2D eigenvalue weighted by Crippen LogP contribution is 2.21.